The van der Waals surface area contributed by atoms with Gasteiger partial charge in [-0.15, -0.1) is 0 Å². The smallest absolute Gasteiger partial charge is 0.225 e. The molecule has 0 heterocycles. The van der Waals surface area contributed by atoms with Gasteiger partial charge in [0.05, 0.1) is 6.10 Å². The van der Waals surface area contributed by atoms with Gasteiger partial charge in [0.25, 0.3) is 0 Å². The first-order valence-corrected chi connectivity index (χ1v) is 8.96. The molecule has 1 rings (SSSR count). The predicted molar refractivity (Wildman–Crippen MR) is 91.4 cm³/mol. The SMILES string of the molecule is CC(C)C[C@H](C[C@H](O)[C@@H](N)CC1CCCCC1)C(=O)N(C)C. The maximum atomic E-state index is 12.3. The van der Waals surface area contributed by atoms with Crippen molar-refractivity contribution >= 4 is 5.91 Å². The van der Waals surface area contributed by atoms with Crippen molar-refractivity contribution in [3.05, 3.63) is 0 Å². The number of hydrogen-bond donors (Lipinski definition) is 2. The number of amides is 1. The maximum absolute atomic E-state index is 12.3. The van der Waals surface area contributed by atoms with Gasteiger partial charge in [-0.05, 0) is 31.1 Å². The minimum Gasteiger partial charge on any atom is -0.391 e. The van der Waals surface area contributed by atoms with E-state index in [0.717, 1.165) is 12.8 Å². The molecule has 0 aliphatic heterocycles. The first-order valence-electron chi connectivity index (χ1n) is 8.96. The van der Waals surface area contributed by atoms with Crippen molar-refractivity contribution in [2.75, 3.05) is 14.1 Å². The van der Waals surface area contributed by atoms with Gasteiger partial charge in [-0.2, -0.15) is 0 Å². The van der Waals surface area contributed by atoms with E-state index in [0.29, 0.717) is 18.3 Å². The topological polar surface area (TPSA) is 66.6 Å². The summed E-state index contributed by atoms with van der Waals surface area (Å²) >= 11 is 0. The summed E-state index contributed by atoms with van der Waals surface area (Å²) in [7, 11) is 3.56. The van der Waals surface area contributed by atoms with Crippen LogP contribution in [0.2, 0.25) is 0 Å². The number of hydrogen-bond acceptors (Lipinski definition) is 3. The molecule has 22 heavy (non-hydrogen) atoms. The largest absolute Gasteiger partial charge is 0.391 e. The van der Waals surface area contributed by atoms with Gasteiger partial charge in [-0.1, -0.05) is 46.0 Å². The Hall–Kier alpha value is -0.610. The average molecular weight is 312 g/mol. The van der Waals surface area contributed by atoms with Crippen LogP contribution in [0.4, 0.5) is 0 Å². The molecule has 0 unspecified atom stereocenters. The summed E-state index contributed by atoms with van der Waals surface area (Å²) in [6, 6.07) is -0.201. The third-order valence-corrected chi connectivity index (χ3v) is 4.90. The van der Waals surface area contributed by atoms with Gasteiger partial charge >= 0.3 is 0 Å². The van der Waals surface area contributed by atoms with E-state index in [4.69, 9.17) is 5.73 Å². The summed E-state index contributed by atoms with van der Waals surface area (Å²) in [5.41, 5.74) is 6.23. The van der Waals surface area contributed by atoms with Crippen molar-refractivity contribution in [2.24, 2.45) is 23.5 Å². The second-order valence-electron chi connectivity index (χ2n) is 7.77. The highest BCUT2D eigenvalue weighted by Crippen LogP contribution is 2.29. The molecular formula is C18H36N2O2. The van der Waals surface area contributed by atoms with Crippen LogP contribution in [0.5, 0.6) is 0 Å². The average Bonchev–Trinajstić information content (AvgIpc) is 2.46. The van der Waals surface area contributed by atoms with E-state index < -0.39 is 6.10 Å². The third-order valence-electron chi connectivity index (χ3n) is 4.90. The van der Waals surface area contributed by atoms with Crippen molar-refractivity contribution < 1.29 is 9.90 Å². The van der Waals surface area contributed by atoms with Crippen LogP contribution in [-0.2, 0) is 4.79 Å². The standard InChI is InChI=1S/C18H36N2O2/c1-13(2)10-15(18(22)20(3)4)12-17(21)16(19)11-14-8-6-5-7-9-14/h13-17,21H,5-12,19H2,1-4H3/t15-,16+,17+/m1/s1. The fraction of sp³-hybridized carbons (Fsp3) is 0.944. The summed E-state index contributed by atoms with van der Waals surface area (Å²) in [6.45, 7) is 4.23. The molecule has 4 nitrogen and oxygen atoms in total. The van der Waals surface area contributed by atoms with Gasteiger partial charge in [-0.3, -0.25) is 4.79 Å². The Bertz CT molecular complexity index is 325. The Kier molecular flexibility index (Phi) is 8.40. The molecule has 1 aliphatic rings. The van der Waals surface area contributed by atoms with Gasteiger partial charge in [0.2, 0.25) is 5.91 Å². The predicted octanol–water partition coefficient (Wildman–Crippen LogP) is 2.79. The number of rotatable bonds is 8. The van der Waals surface area contributed by atoms with Crippen LogP contribution in [0, 0.1) is 17.8 Å². The molecule has 3 N–H and O–H groups in total. The van der Waals surface area contributed by atoms with Gasteiger partial charge in [0, 0.05) is 26.1 Å². The van der Waals surface area contributed by atoms with E-state index >= 15 is 0 Å². The third kappa shape index (κ3) is 6.66. The molecule has 1 saturated carbocycles. The monoisotopic (exact) mass is 312 g/mol. The van der Waals surface area contributed by atoms with Crippen molar-refractivity contribution in [3.8, 4) is 0 Å². The van der Waals surface area contributed by atoms with Gasteiger partial charge in [0.1, 0.15) is 0 Å². The Morgan fingerprint density at radius 2 is 1.77 bits per heavy atom. The first kappa shape index (κ1) is 19.4. The van der Waals surface area contributed by atoms with Crippen molar-refractivity contribution in [1.29, 1.82) is 0 Å². The summed E-state index contributed by atoms with van der Waals surface area (Å²) in [5.74, 6) is 1.09. The maximum Gasteiger partial charge on any atom is 0.225 e. The molecule has 0 radical (unpaired) electrons. The van der Waals surface area contributed by atoms with Gasteiger partial charge < -0.3 is 15.7 Å². The van der Waals surface area contributed by atoms with Crippen LogP contribution in [0.15, 0.2) is 0 Å². The molecule has 4 heteroatoms. The molecule has 0 bridgehead atoms. The lowest BCUT2D eigenvalue weighted by Gasteiger charge is -2.30. The van der Waals surface area contributed by atoms with E-state index in [2.05, 4.69) is 13.8 Å². The van der Waals surface area contributed by atoms with Crippen LogP contribution >= 0.6 is 0 Å². The van der Waals surface area contributed by atoms with Crippen molar-refractivity contribution in [2.45, 2.75) is 77.4 Å². The van der Waals surface area contributed by atoms with Crippen LogP contribution < -0.4 is 5.73 Å². The fourth-order valence-electron chi connectivity index (χ4n) is 3.66. The Labute approximate surface area is 136 Å². The first-order chi connectivity index (χ1) is 10.3. The van der Waals surface area contributed by atoms with Gasteiger partial charge in [0.15, 0.2) is 0 Å². The minimum atomic E-state index is -0.574. The molecule has 1 fully saturated rings. The summed E-state index contributed by atoms with van der Waals surface area (Å²) in [6.07, 6.45) is 8.03. The van der Waals surface area contributed by atoms with E-state index in [9.17, 15) is 9.90 Å². The van der Waals surface area contributed by atoms with Crippen LogP contribution in [0.1, 0.15) is 65.2 Å². The highest BCUT2D eigenvalue weighted by molar-refractivity contribution is 5.78. The molecular weight excluding hydrogens is 276 g/mol. The molecule has 130 valence electrons. The number of aliphatic hydroxyl groups is 1. The van der Waals surface area contributed by atoms with Gasteiger partial charge in [-0.25, -0.2) is 0 Å². The van der Waals surface area contributed by atoms with Crippen LogP contribution in [0.25, 0.3) is 0 Å². The van der Waals surface area contributed by atoms with E-state index in [1.165, 1.54) is 32.1 Å². The normalized spacial score (nSPS) is 20.7. The number of carbonyl (C=O) groups is 1. The molecule has 0 aromatic heterocycles. The second-order valence-corrected chi connectivity index (χ2v) is 7.77. The second kappa shape index (κ2) is 9.51. The van der Waals surface area contributed by atoms with Crippen molar-refractivity contribution in [1.82, 2.24) is 4.90 Å². The molecule has 1 amide bonds. The Morgan fingerprint density at radius 1 is 1.18 bits per heavy atom. The number of nitrogens with two attached hydrogens (primary N) is 1. The van der Waals surface area contributed by atoms with Crippen LogP contribution in [-0.4, -0.2) is 42.2 Å². The zero-order valence-electron chi connectivity index (χ0n) is 14.9. The zero-order valence-corrected chi connectivity index (χ0v) is 14.9. The zero-order chi connectivity index (χ0) is 16.7. The number of nitrogens with zero attached hydrogens (tertiary/aromatic N) is 1. The Balaban J connectivity index is 2.52. The number of aliphatic hydroxyl groups excluding tert-OH is 1. The molecule has 0 spiro atoms. The Morgan fingerprint density at radius 3 is 2.27 bits per heavy atom. The van der Waals surface area contributed by atoms with E-state index in [-0.39, 0.29) is 17.9 Å². The molecule has 1 aliphatic carbocycles. The summed E-state index contributed by atoms with van der Waals surface area (Å²) < 4.78 is 0. The highest BCUT2D eigenvalue weighted by Gasteiger charge is 2.28. The molecule has 0 aromatic carbocycles. The lowest BCUT2D eigenvalue weighted by atomic mass is 9.82. The van der Waals surface area contributed by atoms with Crippen molar-refractivity contribution in [3.63, 3.8) is 0 Å². The number of carbonyl (C=O) groups excluding carboxylic acids is 1. The highest BCUT2D eigenvalue weighted by atomic mass is 16.3. The molecule has 3 atom stereocenters. The van der Waals surface area contributed by atoms with E-state index in [1.807, 2.05) is 0 Å². The molecule has 0 aromatic rings. The summed E-state index contributed by atoms with van der Waals surface area (Å²) in [5, 5.41) is 10.5. The minimum absolute atomic E-state index is 0.109. The lowest BCUT2D eigenvalue weighted by molar-refractivity contribution is -0.134. The lowest BCUT2D eigenvalue weighted by Crippen LogP contribution is -2.41. The molecule has 0 saturated heterocycles. The van der Waals surface area contributed by atoms with Crippen LogP contribution in [0.3, 0.4) is 0 Å². The fourth-order valence-corrected chi connectivity index (χ4v) is 3.66. The quantitative estimate of drug-likeness (QED) is 0.724. The summed E-state index contributed by atoms with van der Waals surface area (Å²) in [4.78, 5) is 13.9. The van der Waals surface area contributed by atoms with E-state index in [1.54, 1.807) is 19.0 Å².